The monoisotopic (exact) mass is 278 g/mol. The molecule has 2 rings (SSSR count). The van der Waals surface area contributed by atoms with Crippen molar-refractivity contribution in [1.82, 2.24) is 0 Å². The number of allylic oxidation sites excluding steroid dienone is 2. The third-order valence-electron chi connectivity index (χ3n) is 2.68. The summed E-state index contributed by atoms with van der Waals surface area (Å²) in [6, 6.07) is 14.5. The van der Waals surface area contributed by atoms with E-state index in [1.54, 1.807) is 43.5 Å². The van der Waals surface area contributed by atoms with Gasteiger partial charge in [-0.1, -0.05) is 18.2 Å². The summed E-state index contributed by atoms with van der Waals surface area (Å²) >= 11 is 0. The average molecular weight is 278 g/mol. The lowest BCUT2D eigenvalue weighted by atomic mass is 10.1. The zero-order valence-corrected chi connectivity index (χ0v) is 11.5. The molecule has 2 aromatic rings. The minimum absolute atomic E-state index is 0.0409. The highest BCUT2D eigenvalue weighted by Crippen LogP contribution is 2.12. The van der Waals surface area contributed by atoms with Crippen molar-refractivity contribution >= 4 is 17.7 Å². The van der Waals surface area contributed by atoms with Crippen molar-refractivity contribution in [3.8, 4) is 6.07 Å². The summed E-state index contributed by atoms with van der Waals surface area (Å²) in [5, 5.41) is 11.8. The Kier molecular flexibility index (Phi) is 4.73. The number of nitrogens with zero attached hydrogens (tertiary/aromatic N) is 1. The molecule has 1 aromatic heterocycles. The normalized spacial score (nSPS) is 11.8. The van der Waals surface area contributed by atoms with Gasteiger partial charge >= 0.3 is 0 Å². The number of anilines is 1. The molecule has 0 radical (unpaired) electrons. The first kappa shape index (κ1) is 14.4. The number of amides is 1. The first-order valence-corrected chi connectivity index (χ1v) is 6.39. The lowest BCUT2D eigenvalue weighted by Gasteiger charge is -2.03. The maximum absolute atomic E-state index is 12.0. The summed E-state index contributed by atoms with van der Waals surface area (Å²) in [5.74, 6) is 0.236. The molecule has 0 spiro atoms. The van der Waals surface area contributed by atoms with E-state index in [2.05, 4.69) is 5.32 Å². The molecule has 4 heteroatoms. The van der Waals surface area contributed by atoms with Gasteiger partial charge in [0.25, 0.3) is 5.91 Å². The minimum atomic E-state index is -0.434. The van der Waals surface area contributed by atoms with Crippen LogP contribution in [0.3, 0.4) is 0 Å². The summed E-state index contributed by atoms with van der Waals surface area (Å²) in [6.45, 7) is 1.80. The number of hydrogen-bond donors (Lipinski definition) is 1. The van der Waals surface area contributed by atoms with Crippen LogP contribution in [0.15, 0.2) is 70.4 Å². The summed E-state index contributed by atoms with van der Waals surface area (Å²) in [7, 11) is 0. The van der Waals surface area contributed by atoms with Crippen molar-refractivity contribution in [2.75, 3.05) is 5.32 Å². The Labute approximate surface area is 123 Å². The number of para-hydroxylation sites is 1. The maximum Gasteiger partial charge on any atom is 0.266 e. The van der Waals surface area contributed by atoms with Crippen LogP contribution >= 0.6 is 0 Å². The van der Waals surface area contributed by atoms with Crippen molar-refractivity contribution in [3.63, 3.8) is 0 Å². The summed E-state index contributed by atoms with van der Waals surface area (Å²) in [6.07, 6.45) is 4.85. The van der Waals surface area contributed by atoms with Gasteiger partial charge in [0.05, 0.1) is 6.26 Å². The molecule has 1 heterocycles. The molecule has 21 heavy (non-hydrogen) atoms. The van der Waals surface area contributed by atoms with Crippen molar-refractivity contribution in [1.29, 1.82) is 5.26 Å². The molecule has 4 nitrogen and oxygen atoms in total. The number of rotatable bonds is 4. The van der Waals surface area contributed by atoms with Crippen LogP contribution in [-0.2, 0) is 4.79 Å². The molecule has 1 aromatic carbocycles. The fraction of sp³-hybridized carbons (Fsp3) is 0.0588. The third-order valence-corrected chi connectivity index (χ3v) is 2.68. The zero-order chi connectivity index (χ0) is 15.1. The number of carbonyl (C=O) groups is 1. The van der Waals surface area contributed by atoms with Crippen molar-refractivity contribution in [2.24, 2.45) is 0 Å². The van der Waals surface area contributed by atoms with Crippen LogP contribution in [0.4, 0.5) is 5.69 Å². The Morgan fingerprint density at radius 1 is 1.24 bits per heavy atom. The molecular formula is C17H14N2O2. The highest BCUT2D eigenvalue weighted by Gasteiger charge is 2.09. The largest absolute Gasteiger partial charge is 0.465 e. The molecule has 0 saturated heterocycles. The predicted molar refractivity (Wildman–Crippen MR) is 81.1 cm³/mol. The molecule has 0 fully saturated rings. The Balaban J connectivity index is 2.14. The molecule has 0 bridgehead atoms. The van der Waals surface area contributed by atoms with Gasteiger partial charge in [0.2, 0.25) is 0 Å². The van der Waals surface area contributed by atoms with E-state index in [4.69, 9.17) is 9.68 Å². The van der Waals surface area contributed by atoms with Gasteiger partial charge in [0.1, 0.15) is 17.4 Å². The Bertz CT molecular complexity index is 705. The van der Waals surface area contributed by atoms with Gasteiger partial charge in [-0.05, 0) is 48.9 Å². The summed E-state index contributed by atoms with van der Waals surface area (Å²) < 4.78 is 5.19. The van der Waals surface area contributed by atoms with Gasteiger partial charge in [-0.2, -0.15) is 5.26 Å². The van der Waals surface area contributed by atoms with E-state index in [0.717, 1.165) is 5.57 Å². The molecule has 104 valence electrons. The van der Waals surface area contributed by atoms with E-state index in [-0.39, 0.29) is 5.57 Å². The molecule has 0 unspecified atom stereocenters. The van der Waals surface area contributed by atoms with Crippen molar-refractivity contribution in [2.45, 2.75) is 6.92 Å². The molecule has 0 aliphatic heterocycles. The second kappa shape index (κ2) is 6.92. The lowest BCUT2D eigenvalue weighted by Crippen LogP contribution is -2.13. The van der Waals surface area contributed by atoms with E-state index in [1.807, 2.05) is 24.3 Å². The topological polar surface area (TPSA) is 66.0 Å². The number of nitrogens with one attached hydrogen (secondary N) is 1. The van der Waals surface area contributed by atoms with E-state index in [1.165, 1.54) is 6.08 Å². The second-order valence-electron chi connectivity index (χ2n) is 4.39. The van der Waals surface area contributed by atoms with E-state index >= 15 is 0 Å². The van der Waals surface area contributed by atoms with Crippen LogP contribution < -0.4 is 5.32 Å². The fourth-order valence-corrected chi connectivity index (χ4v) is 1.74. The molecular weight excluding hydrogens is 264 g/mol. The summed E-state index contributed by atoms with van der Waals surface area (Å²) in [4.78, 5) is 12.0. The number of hydrogen-bond acceptors (Lipinski definition) is 3. The van der Waals surface area contributed by atoms with Gasteiger partial charge in [0.15, 0.2) is 0 Å². The molecule has 0 atom stereocenters. The van der Waals surface area contributed by atoms with E-state index < -0.39 is 5.91 Å². The molecule has 0 aliphatic rings. The fourth-order valence-electron chi connectivity index (χ4n) is 1.74. The standard InChI is InChI=1S/C17H14N2O2/c1-13(11-16-8-5-9-21-16)10-14(12-18)17(20)19-15-6-3-2-4-7-15/h2-11H,1H3,(H,19,20)/b13-11-,14-10+. The third kappa shape index (κ3) is 4.22. The zero-order valence-electron chi connectivity index (χ0n) is 11.5. The van der Waals surface area contributed by atoms with Gasteiger partial charge in [-0.15, -0.1) is 0 Å². The van der Waals surface area contributed by atoms with E-state index in [9.17, 15) is 4.79 Å². The maximum atomic E-state index is 12.0. The Hall–Kier alpha value is -3.06. The highest BCUT2D eigenvalue weighted by atomic mass is 16.3. The van der Waals surface area contributed by atoms with E-state index in [0.29, 0.717) is 11.4 Å². The van der Waals surface area contributed by atoms with Crippen LogP contribution in [-0.4, -0.2) is 5.91 Å². The van der Waals surface area contributed by atoms with Gasteiger partial charge in [-0.25, -0.2) is 0 Å². The van der Waals surface area contributed by atoms with Crippen LogP contribution in [0.25, 0.3) is 6.08 Å². The van der Waals surface area contributed by atoms with Crippen molar-refractivity contribution < 1.29 is 9.21 Å². The Morgan fingerprint density at radius 2 is 2.00 bits per heavy atom. The first-order valence-electron chi connectivity index (χ1n) is 6.39. The quantitative estimate of drug-likeness (QED) is 0.526. The lowest BCUT2D eigenvalue weighted by molar-refractivity contribution is -0.112. The van der Waals surface area contributed by atoms with Crippen LogP contribution in [0.5, 0.6) is 0 Å². The van der Waals surface area contributed by atoms with Gasteiger partial charge < -0.3 is 9.73 Å². The summed E-state index contributed by atoms with van der Waals surface area (Å²) in [5.41, 5.74) is 1.44. The first-order chi connectivity index (χ1) is 10.2. The highest BCUT2D eigenvalue weighted by molar-refractivity contribution is 6.06. The number of furan rings is 1. The number of nitriles is 1. The van der Waals surface area contributed by atoms with Gasteiger partial charge in [0, 0.05) is 5.69 Å². The van der Waals surface area contributed by atoms with Crippen LogP contribution in [0.2, 0.25) is 0 Å². The van der Waals surface area contributed by atoms with Crippen LogP contribution in [0, 0.1) is 11.3 Å². The molecule has 0 aliphatic carbocycles. The second-order valence-corrected chi connectivity index (χ2v) is 4.39. The number of carbonyl (C=O) groups excluding carboxylic acids is 1. The van der Waals surface area contributed by atoms with Crippen LogP contribution in [0.1, 0.15) is 12.7 Å². The van der Waals surface area contributed by atoms with Crippen molar-refractivity contribution in [3.05, 3.63) is 71.7 Å². The Morgan fingerprint density at radius 3 is 2.62 bits per heavy atom. The molecule has 0 saturated carbocycles. The molecule has 1 N–H and O–H groups in total. The van der Waals surface area contributed by atoms with Gasteiger partial charge in [-0.3, -0.25) is 4.79 Å². The minimum Gasteiger partial charge on any atom is -0.465 e. The smallest absolute Gasteiger partial charge is 0.266 e. The average Bonchev–Trinajstić information content (AvgIpc) is 2.98. The number of benzene rings is 1. The predicted octanol–water partition coefficient (Wildman–Crippen LogP) is 3.77. The SMILES string of the molecule is CC(=C/c1ccco1)/C=C(\C#N)C(=O)Nc1ccccc1. The molecule has 1 amide bonds.